The van der Waals surface area contributed by atoms with Gasteiger partial charge in [0, 0.05) is 15.6 Å². The van der Waals surface area contributed by atoms with E-state index in [9.17, 15) is 4.79 Å². The van der Waals surface area contributed by atoms with E-state index < -0.39 is 0 Å². The van der Waals surface area contributed by atoms with E-state index in [4.69, 9.17) is 23.2 Å². The van der Waals surface area contributed by atoms with Gasteiger partial charge in [0.05, 0.1) is 23.6 Å². The second-order valence-electron chi connectivity index (χ2n) is 5.79. The number of anilines is 1. The maximum atomic E-state index is 12.4. The van der Waals surface area contributed by atoms with Crippen LogP contribution >= 0.6 is 23.2 Å². The molecular weight excluding hydrogens is 357 g/mol. The van der Waals surface area contributed by atoms with Gasteiger partial charge < -0.3 is 5.32 Å². The monoisotopic (exact) mass is 373 g/mol. The molecule has 2 aromatic carbocycles. The Balaban J connectivity index is 1.80. The van der Waals surface area contributed by atoms with Gasteiger partial charge in [-0.3, -0.25) is 9.48 Å². The fourth-order valence-corrected chi connectivity index (χ4v) is 2.83. The highest BCUT2D eigenvalue weighted by Gasteiger charge is 2.15. The summed E-state index contributed by atoms with van der Waals surface area (Å²) in [6.45, 7) is 4.43. The number of nitrogens with zero attached hydrogens (tertiary/aromatic N) is 2. The van der Waals surface area contributed by atoms with E-state index in [0.717, 1.165) is 22.6 Å². The van der Waals surface area contributed by atoms with Crippen molar-refractivity contribution in [2.24, 2.45) is 0 Å². The number of carbonyl (C=O) groups excluding carboxylic acids is 1. The van der Waals surface area contributed by atoms with E-state index >= 15 is 0 Å². The maximum absolute atomic E-state index is 12.4. The molecule has 0 atom stereocenters. The largest absolute Gasteiger partial charge is 0.319 e. The zero-order valence-corrected chi connectivity index (χ0v) is 15.4. The lowest BCUT2D eigenvalue weighted by atomic mass is 10.2. The number of rotatable bonds is 4. The zero-order valence-electron chi connectivity index (χ0n) is 13.9. The lowest BCUT2D eigenvalue weighted by Crippen LogP contribution is -2.13. The Morgan fingerprint density at radius 2 is 1.56 bits per heavy atom. The molecule has 25 heavy (non-hydrogen) atoms. The minimum Gasteiger partial charge on any atom is -0.319 e. The topological polar surface area (TPSA) is 46.9 Å². The van der Waals surface area contributed by atoms with E-state index in [2.05, 4.69) is 10.4 Å². The Hall–Kier alpha value is -2.30. The predicted octanol–water partition coefficient (Wildman–Crippen LogP) is 5.11. The van der Waals surface area contributed by atoms with Gasteiger partial charge in [0.1, 0.15) is 0 Å². The minimum atomic E-state index is -0.186. The molecule has 0 unspecified atom stereocenters. The van der Waals surface area contributed by atoms with Crippen molar-refractivity contribution in [3.63, 3.8) is 0 Å². The summed E-state index contributed by atoms with van der Waals surface area (Å²) < 4.78 is 1.87. The van der Waals surface area contributed by atoms with Gasteiger partial charge in [-0.15, -0.1) is 0 Å². The van der Waals surface area contributed by atoms with Crippen molar-refractivity contribution in [1.82, 2.24) is 9.78 Å². The van der Waals surface area contributed by atoms with Gasteiger partial charge in [0.15, 0.2) is 0 Å². The molecule has 6 heteroatoms. The Bertz CT molecular complexity index is 900. The van der Waals surface area contributed by atoms with Crippen molar-refractivity contribution in [3.05, 3.63) is 81.1 Å². The average molecular weight is 374 g/mol. The first-order valence-electron chi connectivity index (χ1n) is 7.79. The first kappa shape index (κ1) is 17.5. The smallest absolute Gasteiger partial charge is 0.255 e. The second-order valence-corrected chi connectivity index (χ2v) is 6.66. The molecule has 4 nitrogen and oxygen atoms in total. The Morgan fingerprint density at radius 1 is 1.00 bits per heavy atom. The maximum Gasteiger partial charge on any atom is 0.255 e. The highest BCUT2D eigenvalue weighted by molar-refractivity contribution is 6.30. The Labute approximate surface area is 156 Å². The lowest BCUT2D eigenvalue weighted by molar-refractivity contribution is 0.102. The van der Waals surface area contributed by atoms with Crippen LogP contribution in [0.4, 0.5) is 5.69 Å². The normalized spacial score (nSPS) is 10.7. The predicted molar refractivity (Wildman–Crippen MR) is 102 cm³/mol. The van der Waals surface area contributed by atoms with E-state index in [1.165, 1.54) is 0 Å². The summed E-state index contributed by atoms with van der Waals surface area (Å²) in [5.74, 6) is -0.186. The number of nitrogens with one attached hydrogen (secondary N) is 1. The van der Waals surface area contributed by atoms with Gasteiger partial charge in [-0.05, 0) is 55.8 Å². The summed E-state index contributed by atoms with van der Waals surface area (Å²) in [7, 11) is 0. The molecule has 1 amide bonds. The summed E-state index contributed by atoms with van der Waals surface area (Å²) in [5, 5.41) is 8.78. The van der Waals surface area contributed by atoms with Crippen molar-refractivity contribution >= 4 is 34.8 Å². The van der Waals surface area contributed by atoms with Crippen LogP contribution < -0.4 is 5.32 Å². The number of hydrogen-bond donors (Lipinski definition) is 1. The molecular formula is C19H17Cl2N3O. The van der Waals surface area contributed by atoms with Crippen LogP contribution in [0, 0.1) is 13.8 Å². The first-order chi connectivity index (χ1) is 11.9. The van der Waals surface area contributed by atoms with Crippen molar-refractivity contribution < 1.29 is 4.79 Å². The summed E-state index contributed by atoms with van der Waals surface area (Å²) in [4.78, 5) is 12.4. The summed E-state index contributed by atoms with van der Waals surface area (Å²) in [5.41, 5.74) is 4.04. The molecule has 1 aromatic heterocycles. The van der Waals surface area contributed by atoms with Crippen LogP contribution in [0.1, 0.15) is 27.3 Å². The highest BCUT2D eigenvalue weighted by atomic mass is 35.5. The zero-order chi connectivity index (χ0) is 18.0. The van der Waals surface area contributed by atoms with E-state index in [0.29, 0.717) is 22.2 Å². The van der Waals surface area contributed by atoms with Gasteiger partial charge in [0.2, 0.25) is 0 Å². The molecule has 3 aromatic rings. The van der Waals surface area contributed by atoms with Crippen LogP contribution in [0.25, 0.3) is 0 Å². The standard InChI is InChI=1S/C19H17Cl2N3O/c1-12-18(22-19(25)15-5-9-17(21)10-6-15)13(2)24(23-12)11-14-3-7-16(20)8-4-14/h3-10H,11H2,1-2H3,(H,22,25). The highest BCUT2D eigenvalue weighted by Crippen LogP contribution is 2.22. The molecule has 0 aliphatic rings. The molecule has 3 rings (SSSR count). The first-order valence-corrected chi connectivity index (χ1v) is 8.55. The van der Waals surface area contributed by atoms with E-state index in [-0.39, 0.29) is 5.91 Å². The van der Waals surface area contributed by atoms with Crippen LogP contribution in [0.3, 0.4) is 0 Å². The van der Waals surface area contributed by atoms with Crippen LogP contribution in [0.15, 0.2) is 48.5 Å². The molecule has 0 radical (unpaired) electrons. The molecule has 0 saturated carbocycles. The van der Waals surface area contributed by atoms with Crippen molar-refractivity contribution in [2.75, 3.05) is 5.32 Å². The molecule has 0 spiro atoms. The lowest BCUT2D eigenvalue weighted by Gasteiger charge is -2.08. The molecule has 0 saturated heterocycles. The molecule has 0 aliphatic carbocycles. The third-order valence-corrected chi connectivity index (χ3v) is 4.48. The summed E-state index contributed by atoms with van der Waals surface area (Å²) >= 11 is 11.8. The van der Waals surface area contributed by atoms with Crippen LogP contribution in [-0.4, -0.2) is 15.7 Å². The number of aryl methyl sites for hydroxylation is 1. The van der Waals surface area contributed by atoms with Gasteiger partial charge in [-0.25, -0.2) is 0 Å². The van der Waals surface area contributed by atoms with Gasteiger partial charge in [0.25, 0.3) is 5.91 Å². The molecule has 0 aliphatic heterocycles. The van der Waals surface area contributed by atoms with Gasteiger partial charge in [-0.2, -0.15) is 5.10 Å². The number of aromatic nitrogens is 2. The Morgan fingerprint density at radius 3 is 2.16 bits per heavy atom. The molecule has 128 valence electrons. The molecule has 0 fully saturated rings. The van der Waals surface area contributed by atoms with Crippen molar-refractivity contribution in [2.45, 2.75) is 20.4 Å². The fourth-order valence-electron chi connectivity index (χ4n) is 2.58. The Kier molecular flexibility index (Phi) is 5.11. The number of carbonyl (C=O) groups is 1. The van der Waals surface area contributed by atoms with Crippen molar-refractivity contribution in [1.29, 1.82) is 0 Å². The van der Waals surface area contributed by atoms with Crippen LogP contribution in [0.2, 0.25) is 10.0 Å². The van der Waals surface area contributed by atoms with Gasteiger partial charge >= 0.3 is 0 Å². The second kappa shape index (κ2) is 7.30. The van der Waals surface area contributed by atoms with Crippen LogP contribution in [-0.2, 0) is 6.54 Å². The van der Waals surface area contributed by atoms with Gasteiger partial charge in [-0.1, -0.05) is 35.3 Å². The molecule has 0 bridgehead atoms. The average Bonchev–Trinajstić information content (AvgIpc) is 2.85. The SMILES string of the molecule is Cc1nn(Cc2ccc(Cl)cc2)c(C)c1NC(=O)c1ccc(Cl)cc1. The van der Waals surface area contributed by atoms with Crippen LogP contribution in [0.5, 0.6) is 0 Å². The summed E-state index contributed by atoms with van der Waals surface area (Å²) in [6, 6.07) is 14.4. The molecule has 1 N–H and O–H groups in total. The number of halogens is 2. The third-order valence-electron chi connectivity index (χ3n) is 3.97. The fraction of sp³-hybridized carbons (Fsp3) is 0.158. The number of hydrogen-bond acceptors (Lipinski definition) is 2. The van der Waals surface area contributed by atoms with Crippen molar-refractivity contribution in [3.8, 4) is 0 Å². The summed E-state index contributed by atoms with van der Waals surface area (Å²) in [6.07, 6.45) is 0. The minimum absolute atomic E-state index is 0.186. The number of benzene rings is 2. The van der Waals surface area contributed by atoms with E-state index in [1.54, 1.807) is 24.3 Å². The molecule has 1 heterocycles. The number of amides is 1. The quantitative estimate of drug-likeness (QED) is 0.690. The van der Waals surface area contributed by atoms with E-state index in [1.807, 2.05) is 42.8 Å². The third kappa shape index (κ3) is 4.03.